The molecule has 16 heavy (non-hydrogen) atoms. The van der Waals surface area contributed by atoms with Crippen LogP contribution in [0, 0.1) is 6.10 Å². The van der Waals surface area contributed by atoms with E-state index in [1.807, 2.05) is 24.3 Å². The lowest BCUT2D eigenvalue weighted by atomic mass is 9.92. The molecule has 1 aliphatic carbocycles. The van der Waals surface area contributed by atoms with E-state index in [-0.39, 0.29) is 0 Å². The molecule has 2 rings (SSSR count). The molecule has 0 amide bonds. The van der Waals surface area contributed by atoms with Gasteiger partial charge in [0, 0.05) is 24.7 Å². The van der Waals surface area contributed by atoms with Gasteiger partial charge < -0.3 is 14.2 Å². The highest BCUT2D eigenvalue weighted by Gasteiger charge is 2.26. The van der Waals surface area contributed by atoms with Gasteiger partial charge in [0.05, 0.1) is 14.2 Å². The van der Waals surface area contributed by atoms with Gasteiger partial charge in [-0.3, -0.25) is 0 Å². The van der Waals surface area contributed by atoms with Gasteiger partial charge in [-0.25, -0.2) is 0 Å². The molecular formula is C13H15O3. The van der Waals surface area contributed by atoms with Crippen LogP contribution in [-0.4, -0.2) is 21.3 Å². The quantitative estimate of drug-likeness (QED) is 0.782. The van der Waals surface area contributed by atoms with Crippen LogP contribution >= 0.6 is 0 Å². The summed E-state index contributed by atoms with van der Waals surface area (Å²) in [6.07, 6.45) is 3.65. The second-order valence-corrected chi connectivity index (χ2v) is 3.49. The van der Waals surface area contributed by atoms with E-state index in [0.717, 1.165) is 35.2 Å². The van der Waals surface area contributed by atoms with Crippen LogP contribution in [0.4, 0.5) is 0 Å². The molecular weight excluding hydrogens is 204 g/mol. The lowest BCUT2D eigenvalue weighted by Gasteiger charge is -2.24. The summed E-state index contributed by atoms with van der Waals surface area (Å²) in [5.74, 6) is 1.69. The molecule has 0 saturated heterocycles. The van der Waals surface area contributed by atoms with Crippen molar-refractivity contribution in [1.29, 1.82) is 0 Å². The number of fused-ring (bicyclic) bond motifs is 1. The average Bonchev–Trinajstić information content (AvgIpc) is 2.36. The average molecular weight is 219 g/mol. The van der Waals surface area contributed by atoms with Crippen molar-refractivity contribution in [3.63, 3.8) is 0 Å². The van der Waals surface area contributed by atoms with Gasteiger partial charge in [0.25, 0.3) is 0 Å². The second-order valence-electron chi connectivity index (χ2n) is 3.49. The third kappa shape index (κ3) is 1.67. The topological polar surface area (TPSA) is 27.7 Å². The van der Waals surface area contributed by atoms with Gasteiger partial charge in [-0.15, -0.1) is 0 Å². The van der Waals surface area contributed by atoms with Crippen molar-refractivity contribution in [2.45, 2.75) is 6.42 Å². The van der Waals surface area contributed by atoms with E-state index in [4.69, 9.17) is 14.2 Å². The summed E-state index contributed by atoms with van der Waals surface area (Å²) < 4.78 is 16.1. The molecule has 85 valence electrons. The maximum Gasteiger partial charge on any atom is 0.134 e. The number of hydrogen-bond donors (Lipinski definition) is 0. The summed E-state index contributed by atoms with van der Waals surface area (Å²) in [5, 5.41) is 0. The molecule has 0 N–H and O–H groups in total. The molecule has 0 unspecified atom stereocenters. The lowest BCUT2D eigenvalue weighted by Crippen LogP contribution is -2.12. The summed E-state index contributed by atoms with van der Waals surface area (Å²) in [5.41, 5.74) is 2.01. The Kier molecular flexibility index (Phi) is 3.15. The molecule has 0 spiro atoms. The molecule has 0 bridgehead atoms. The predicted octanol–water partition coefficient (Wildman–Crippen LogP) is 2.61. The van der Waals surface area contributed by atoms with Crippen LogP contribution < -0.4 is 4.74 Å². The first-order valence-corrected chi connectivity index (χ1v) is 5.13. The van der Waals surface area contributed by atoms with E-state index < -0.39 is 0 Å². The van der Waals surface area contributed by atoms with Gasteiger partial charge in [0.1, 0.15) is 17.6 Å². The van der Waals surface area contributed by atoms with Crippen LogP contribution in [0.25, 0.3) is 5.76 Å². The Balaban J connectivity index is 2.56. The van der Waals surface area contributed by atoms with Crippen molar-refractivity contribution in [1.82, 2.24) is 0 Å². The first kappa shape index (κ1) is 11.0. The summed E-state index contributed by atoms with van der Waals surface area (Å²) in [4.78, 5) is 0. The highest BCUT2D eigenvalue weighted by molar-refractivity contribution is 5.71. The fraction of sp³-hybridized carbons (Fsp3) is 0.308. The van der Waals surface area contributed by atoms with Crippen LogP contribution in [-0.2, 0) is 9.47 Å². The third-order valence-electron chi connectivity index (χ3n) is 2.73. The summed E-state index contributed by atoms with van der Waals surface area (Å²) in [6.45, 7) is 0. The van der Waals surface area contributed by atoms with E-state index in [0.29, 0.717) is 0 Å². The third-order valence-corrected chi connectivity index (χ3v) is 2.73. The number of ether oxygens (including phenoxy) is 3. The SMILES string of the molecule is CO[C]1CC=C(OC)c2cccc(OC)c21. The van der Waals surface area contributed by atoms with Gasteiger partial charge >= 0.3 is 0 Å². The molecule has 0 aromatic heterocycles. The second kappa shape index (κ2) is 4.58. The molecule has 0 atom stereocenters. The minimum absolute atomic E-state index is 0.729. The van der Waals surface area contributed by atoms with E-state index in [9.17, 15) is 0 Å². The van der Waals surface area contributed by atoms with Crippen molar-refractivity contribution < 1.29 is 14.2 Å². The molecule has 0 aliphatic heterocycles. The van der Waals surface area contributed by atoms with Crippen LogP contribution in [0.5, 0.6) is 5.75 Å². The summed E-state index contributed by atoms with van der Waals surface area (Å²) in [6, 6.07) is 5.88. The largest absolute Gasteiger partial charge is 0.496 e. The Bertz CT molecular complexity index is 410. The van der Waals surface area contributed by atoms with Crippen LogP contribution in [0.15, 0.2) is 24.3 Å². The zero-order valence-electron chi connectivity index (χ0n) is 9.74. The van der Waals surface area contributed by atoms with Crippen LogP contribution in [0.2, 0.25) is 0 Å². The zero-order valence-corrected chi connectivity index (χ0v) is 9.74. The van der Waals surface area contributed by atoms with Crippen LogP contribution in [0.3, 0.4) is 0 Å². The van der Waals surface area contributed by atoms with Crippen molar-refractivity contribution in [3.8, 4) is 5.75 Å². The van der Waals surface area contributed by atoms with Crippen LogP contribution in [0.1, 0.15) is 17.5 Å². The normalized spacial score (nSPS) is 15.3. The van der Waals surface area contributed by atoms with Gasteiger partial charge in [-0.1, -0.05) is 12.1 Å². The Morgan fingerprint density at radius 3 is 2.44 bits per heavy atom. The molecule has 0 heterocycles. The van der Waals surface area contributed by atoms with Gasteiger partial charge in [-0.2, -0.15) is 0 Å². The Morgan fingerprint density at radius 1 is 1.00 bits per heavy atom. The summed E-state index contributed by atoms with van der Waals surface area (Å²) >= 11 is 0. The molecule has 0 fully saturated rings. The van der Waals surface area contributed by atoms with Gasteiger partial charge in [-0.05, 0) is 12.1 Å². The summed E-state index contributed by atoms with van der Waals surface area (Å²) in [7, 11) is 5.01. The minimum Gasteiger partial charge on any atom is -0.496 e. The Morgan fingerprint density at radius 2 is 1.81 bits per heavy atom. The van der Waals surface area contributed by atoms with Crippen molar-refractivity contribution >= 4 is 5.76 Å². The van der Waals surface area contributed by atoms with Gasteiger partial charge in [0.2, 0.25) is 0 Å². The lowest BCUT2D eigenvalue weighted by molar-refractivity contribution is 0.218. The van der Waals surface area contributed by atoms with E-state index in [1.165, 1.54) is 0 Å². The van der Waals surface area contributed by atoms with Crippen molar-refractivity contribution in [3.05, 3.63) is 41.5 Å². The highest BCUT2D eigenvalue weighted by Crippen LogP contribution is 2.39. The first-order chi connectivity index (χ1) is 7.81. The predicted molar refractivity (Wildman–Crippen MR) is 62.0 cm³/mol. The molecule has 1 aromatic rings. The van der Waals surface area contributed by atoms with Crippen molar-refractivity contribution in [2.75, 3.05) is 21.3 Å². The van der Waals surface area contributed by atoms with E-state index in [1.54, 1.807) is 21.3 Å². The molecule has 3 nitrogen and oxygen atoms in total. The monoisotopic (exact) mass is 219 g/mol. The number of methoxy groups -OCH3 is 3. The molecule has 1 radical (unpaired) electrons. The fourth-order valence-corrected chi connectivity index (χ4v) is 1.97. The zero-order chi connectivity index (χ0) is 11.5. The molecule has 1 aliphatic rings. The van der Waals surface area contributed by atoms with E-state index >= 15 is 0 Å². The fourth-order valence-electron chi connectivity index (χ4n) is 1.97. The first-order valence-electron chi connectivity index (χ1n) is 5.13. The molecule has 3 heteroatoms. The molecule has 1 aromatic carbocycles. The maximum absolute atomic E-state index is 5.39. The smallest absolute Gasteiger partial charge is 0.134 e. The molecule has 0 saturated carbocycles. The highest BCUT2D eigenvalue weighted by atomic mass is 16.5. The standard InChI is InChI=1S/C13H15O3/c1-14-10-7-8-12(16-3)13-9(10)5-4-6-11(13)15-2/h4-7H,8H2,1-3H3. The van der Waals surface area contributed by atoms with Gasteiger partial charge in [0.15, 0.2) is 0 Å². The van der Waals surface area contributed by atoms with E-state index in [2.05, 4.69) is 0 Å². The minimum atomic E-state index is 0.729. The number of rotatable bonds is 3. The van der Waals surface area contributed by atoms with Crippen molar-refractivity contribution in [2.24, 2.45) is 0 Å². The Hall–Kier alpha value is -1.48. The Labute approximate surface area is 95.6 Å². The maximum atomic E-state index is 5.39. The number of benzene rings is 1. The number of hydrogen-bond acceptors (Lipinski definition) is 3.